The zero-order chi connectivity index (χ0) is 14.0. The smallest absolute Gasteiger partial charge is 0.276 e. The van der Waals surface area contributed by atoms with Gasteiger partial charge in [-0.25, -0.2) is 0 Å². The molecule has 0 saturated carbocycles. The first-order valence-corrected chi connectivity index (χ1v) is 6.42. The minimum atomic E-state index is -0.181. The van der Waals surface area contributed by atoms with Gasteiger partial charge < -0.3 is 5.32 Å². The maximum Gasteiger partial charge on any atom is 0.276 e. The van der Waals surface area contributed by atoms with Crippen molar-refractivity contribution in [2.24, 2.45) is 0 Å². The summed E-state index contributed by atoms with van der Waals surface area (Å²) in [6.45, 7) is 8.07. The molecule has 2 aromatic rings. The molecule has 0 unspecified atom stereocenters. The van der Waals surface area contributed by atoms with E-state index >= 15 is 0 Å². The summed E-state index contributed by atoms with van der Waals surface area (Å²) >= 11 is 0. The van der Waals surface area contributed by atoms with E-state index < -0.39 is 0 Å². The molecular weight excluding hydrogens is 238 g/mol. The van der Waals surface area contributed by atoms with E-state index in [0.29, 0.717) is 11.6 Å². The Bertz CT molecular complexity index is 582. The molecule has 0 fully saturated rings. The number of aromatic nitrogens is 2. The highest BCUT2D eigenvalue weighted by atomic mass is 16.1. The van der Waals surface area contributed by atoms with Crippen LogP contribution in [0, 0.1) is 13.8 Å². The zero-order valence-corrected chi connectivity index (χ0v) is 11.7. The summed E-state index contributed by atoms with van der Waals surface area (Å²) in [7, 11) is 0. The molecule has 2 rings (SSSR count). The lowest BCUT2D eigenvalue weighted by atomic mass is 10.0. The van der Waals surface area contributed by atoms with Crippen LogP contribution in [0.1, 0.15) is 47.1 Å². The minimum absolute atomic E-state index is 0.181. The van der Waals surface area contributed by atoms with Gasteiger partial charge in [0.05, 0.1) is 0 Å². The van der Waals surface area contributed by atoms with Crippen LogP contribution in [0.2, 0.25) is 0 Å². The maximum absolute atomic E-state index is 12.1. The van der Waals surface area contributed by atoms with Crippen molar-refractivity contribution in [2.75, 3.05) is 5.32 Å². The summed E-state index contributed by atoms with van der Waals surface area (Å²) in [6.07, 6.45) is 0. The second kappa shape index (κ2) is 5.26. The van der Waals surface area contributed by atoms with Crippen LogP contribution in [-0.2, 0) is 0 Å². The SMILES string of the molecule is Cc1[nH]nc(C(=O)Nc2ccc(C(C)C)cc2)c1C. The molecule has 1 heterocycles. The fourth-order valence-electron chi connectivity index (χ4n) is 1.85. The summed E-state index contributed by atoms with van der Waals surface area (Å²) in [6, 6.07) is 7.90. The summed E-state index contributed by atoms with van der Waals surface area (Å²) in [5.74, 6) is 0.306. The van der Waals surface area contributed by atoms with Gasteiger partial charge in [0.25, 0.3) is 5.91 Å². The minimum Gasteiger partial charge on any atom is -0.321 e. The van der Waals surface area contributed by atoms with Crippen LogP contribution in [0.4, 0.5) is 5.69 Å². The lowest BCUT2D eigenvalue weighted by molar-refractivity contribution is 0.102. The molecule has 0 spiro atoms. The van der Waals surface area contributed by atoms with Crippen molar-refractivity contribution in [1.82, 2.24) is 10.2 Å². The normalized spacial score (nSPS) is 10.8. The van der Waals surface area contributed by atoms with E-state index in [4.69, 9.17) is 0 Å². The van der Waals surface area contributed by atoms with Crippen LogP contribution in [-0.4, -0.2) is 16.1 Å². The third-order valence-corrected chi connectivity index (χ3v) is 3.30. The number of carbonyl (C=O) groups excluding carboxylic acids is 1. The molecule has 4 nitrogen and oxygen atoms in total. The van der Waals surface area contributed by atoms with Crippen molar-refractivity contribution in [3.63, 3.8) is 0 Å². The van der Waals surface area contributed by atoms with Crippen molar-refractivity contribution in [1.29, 1.82) is 0 Å². The summed E-state index contributed by atoms with van der Waals surface area (Å²) in [5.41, 5.74) is 4.29. The van der Waals surface area contributed by atoms with Crippen LogP contribution >= 0.6 is 0 Å². The Hall–Kier alpha value is -2.10. The maximum atomic E-state index is 12.1. The Morgan fingerprint density at radius 1 is 1.21 bits per heavy atom. The number of carbonyl (C=O) groups is 1. The van der Waals surface area contributed by atoms with Gasteiger partial charge in [0, 0.05) is 16.9 Å². The fourth-order valence-corrected chi connectivity index (χ4v) is 1.85. The van der Waals surface area contributed by atoms with Gasteiger partial charge in [0.15, 0.2) is 5.69 Å². The number of anilines is 1. The summed E-state index contributed by atoms with van der Waals surface area (Å²) < 4.78 is 0. The van der Waals surface area contributed by atoms with Crippen molar-refractivity contribution in [2.45, 2.75) is 33.6 Å². The number of nitrogens with zero attached hydrogens (tertiary/aromatic N) is 1. The van der Waals surface area contributed by atoms with Crippen LogP contribution in [0.5, 0.6) is 0 Å². The number of hydrogen-bond donors (Lipinski definition) is 2. The van der Waals surface area contributed by atoms with E-state index in [2.05, 4.69) is 29.4 Å². The van der Waals surface area contributed by atoms with Crippen LogP contribution in [0.3, 0.4) is 0 Å². The number of H-pyrrole nitrogens is 1. The molecule has 4 heteroatoms. The largest absolute Gasteiger partial charge is 0.321 e. The Balaban J connectivity index is 2.13. The molecule has 0 aliphatic carbocycles. The number of hydrogen-bond acceptors (Lipinski definition) is 2. The van der Waals surface area contributed by atoms with Gasteiger partial charge >= 0.3 is 0 Å². The van der Waals surface area contributed by atoms with Crippen LogP contribution in [0.15, 0.2) is 24.3 Å². The van der Waals surface area contributed by atoms with Crippen molar-refractivity contribution in [3.8, 4) is 0 Å². The van der Waals surface area contributed by atoms with Gasteiger partial charge in [-0.2, -0.15) is 5.10 Å². The van der Waals surface area contributed by atoms with Crippen LogP contribution in [0.25, 0.3) is 0 Å². The number of aryl methyl sites for hydroxylation is 1. The van der Waals surface area contributed by atoms with Crippen molar-refractivity contribution >= 4 is 11.6 Å². The Labute approximate surface area is 113 Å². The molecule has 1 aromatic heterocycles. The van der Waals surface area contributed by atoms with E-state index in [1.807, 2.05) is 38.1 Å². The van der Waals surface area contributed by atoms with Crippen molar-refractivity contribution in [3.05, 3.63) is 46.8 Å². The van der Waals surface area contributed by atoms with E-state index in [1.165, 1.54) is 5.56 Å². The van der Waals surface area contributed by atoms with Gasteiger partial charge in [0.1, 0.15) is 0 Å². The molecule has 0 bridgehead atoms. The molecule has 100 valence electrons. The summed E-state index contributed by atoms with van der Waals surface area (Å²) in [5, 5.41) is 9.69. The molecule has 0 atom stereocenters. The highest BCUT2D eigenvalue weighted by Gasteiger charge is 2.14. The second-order valence-electron chi connectivity index (χ2n) is 5.05. The fraction of sp³-hybridized carbons (Fsp3) is 0.333. The Morgan fingerprint density at radius 3 is 2.32 bits per heavy atom. The third kappa shape index (κ3) is 2.84. The van der Waals surface area contributed by atoms with Crippen LogP contribution < -0.4 is 5.32 Å². The first kappa shape index (κ1) is 13.3. The van der Waals surface area contributed by atoms with E-state index in [-0.39, 0.29) is 5.91 Å². The monoisotopic (exact) mass is 257 g/mol. The molecule has 2 N–H and O–H groups in total. The lowest BCUT2D eigenvalue weighted by Crippen LogP contribution is -2.13. The standard InChI is InChI=1S/C15H19N3O/c1-9(2)12-5-7-13(8-6-12)16-15(19)14-10(3)11(4)17-18-14/h5-9H,1-4H3,(H,16,19)(H,17,18). The van der Waals surface area contributed by atoms with Gasteiger partial charge in [-0.05, 0) is 37.5 Å². The Morgan fingerprint density at radius 2 is 1.84 bits per heavy atom. The number of rotatable bonds is 3. The summed E-state index contributed by atoms with van der Waals surface area (Å²) in [4.78, 5) is 12.1. The topological polar surface area (TPSA) is 57.8 Å². The van der Waals surface area contributed by atoms with Gasteiger partial charge in [0.2, 0.25) is 0 Å². The second-order valence-corrected chi connectivity index (χ2v) is 5.05. The molecular formula is C15H19N3O. The molecule has 0 radical (unpaired) electrons. The first-order valence-electron chi connectivity index (χ1n) is 6.42. The number of amides is 1. The number of benzene rings is 1. The van der Waals surface area contributed by atoms with Crippen molar-refractivity contribution < 1.29 is 4.79 Å². The van der Waals surface area contributed by atoms with E-state index in [0.717, 1.165) is 16.9 Å². The number of nitrogens with one attached hydrogen (secondary N) is 2. The predicted octanol–water partition coefficient (Wildman–Crippen LogP) is 3.40. The predicted molar refractivity (Wildman–Crippen MR) is 76.5 cm³/mol. The molecule has 19 heavy (non-hydrogen) atoms. The van der Waals surface area contributed by atoms with Gasteiger partial charge in [-0.3, -0.25) is 9.89 Å². The Kier molecular flexibility index (Phi) is 3.69. The highest BCUT2D eigenvalue weighted by molar-refractivity contribution is 6.03. The molecule has 1 aromatic carbocycles. The molecule has 0 saturated heterocycles. The van der Waals surface area contributed by atoms with E-state index in [9.17, 15) is 4.79 Å². The number of aromatic amines is 1. The average molecular weight is 257 g/mol. The quantitative estimate of drug-likeness (QED) is 0.885. The van der Waals surface area contributed by atoms with Gasteiger partial charge in [-0.15, -0.1) is 0 Å². The molecule has 1 amide bonds. The average Bonchev–Trinajstić information content (AvgIpc) is 2.70. The third-order valence-electron chi connectivity index (χ3n) is 3.30. The molecule has 0 aliphatic rings. The highest BCUT2D eigenvalue weighted by Crippen LogP contribution is 2.18. The lowest BCUT2D eigenvalue weighted by Gasteiger charge is -2.07. The molecule has 0 aliphatic heterocycles. The van der Waals surface area contributed by atoms with Gasteiger partial charge in [-0.1, -0.05) is 26.0 Å². The first-order chi connectivity index (χ1) is 8.99. The zero-order valence-electron chi connectivity index (χ0n) is 11.7. The van der Waals surface area contributed by atoms with E-state index in [1.54, 1.807) is 0 Å².